The molecule has 0 spiro atoms. The Hall–Kier alpha value is -1.81. The fourth-order valence-corrected chi connectivity index (χ4v) is 2.81. The Morgan fingerprint density at radius 2 is 1.89 bits per heavy atom. The van der Waals surface area contributed by atoms with Gasteiger partial charge in [-0.2, -0.15) is 0 Å². The number of rotatable bonds is 3. The predicted molar refractivity (Wildman–Crippen MR) is 76.0 cm³/mol. The van der Waals surface area contributed by atoms with Crippen LogP contribution < -0.4 is 0 Å². The SMILES string of the molecule is Cc1ccc(Sc2nc(C)ccc2C(=O)O)c(C)c1. The van der Waals surface area contributed by atoms with Crippen LogP contribution >= 0.6 is 11.8 Å². The van der Waals surface area contributed by atoms with Gasteiger partial charge in [-0.3, -0.25) is 0 Å². The lowest BCUT2D eigenvalue weighted by atomic mass is 10.2. The smallest absolute Gasteiger partial charge is 0.338 e. The largest absolute Gasteiger partial charge is 0.478 e. The molecule has 0 aliphatic carbocycles. The van der Waals surface area contributed by atoms with Gasteiger partial charge in [-0.05, 0) is 44.5 Å². The van der Waals surface area contributed by atoms with Crippen LogP contribution in [-0.2, 0) is 0 Å². The van der Waals surface area contributed by atoms with Gasteiger partial charge in [0.2, 0.25) is 0 Å². The van der Waals surface area contributed by atoms with Crippen LogP contribution in [-0.4, -0.2) is 16.1 Å². The molecule has 0 saturated carbocycles. The molecule has 4 heteroatoms. The first-order valence-electron chi connectivity index (χ1n) is 5.93. The van der Waals surface area contributed by atoms with Crippen molar-refractivity contribution in [2.45, 2.75) is 30.7 Å². The number of hydrogen-bond donors (Lipinski definition) is 1. The van der Waals surface area contributed by atoms with E-state index in [2.05, 4.69) is 11.1 Å². The standard InChI is InChI=1S/C15H15NO2S/c1-9-4-7-13(10(2)8-9)19-14-12(15(17)18)6-5-11(3)16-14/h4-8H,1-3H3,(H,17,18). The molecule has 0 atom stereocenters. The summed E-state index contributed by atoms with van der Waals surface area (Å²) in [6.45, 7) is 5.91. The molecule has 0 aliphatic rings. The molecule has 98 valence electrons. The molecular formula is C15H15NO2S. The van der Waals surface area contributed by atoms with Crippen molar-refractivity contribution in [1.82, 2.24) is 4.98 Å². The summed E-state index contributed by atoms with van der Waals surface area (Å²) in [5.41, 5.74) is 3.38. The zero-order valence-electron chi connectivity index (χ0n) is 11.1. The minimum absolute atomic E-state index is 0.246. The van der Waals surface area contributed by atoms with Gasteiger partial charge in [-0.25, -0.2) is 9.78 Å². The number of aromatic nitrogens is 1. The maximum Gasteiger partial charge on any atom is 0.338 e. The third-order valence-electron chi connectivity index (χ3n) is 2.77. The summed E-state index contributed by atoms with van der Waals surface area (Å²) in [5.74, 6) is -0.945. The van der Waals surface area contributed by atoms with E-state index in [4.69, 9.17) is 0 Å². The normalized spacial score (nSPS) is 10.5. The number of pyridine rings is 1. The van der Waals surface area contributed by atoms with Crippen LogP contribution in [0.4, 0.5) is 0 Å². The number of aryl methyl sites for hydroxylation is 3. The van der Waals surface area contributed by atoms with Crippen molar-refractivity contribution in [3.8, 4) is 0 Å². The van der Waals surface area contributed by atoms with E-state index in [9.17, 15) is 9.90 Å². The number of nitrogens with zero attached hydrogens (tertiary/aromatic N) is 1. The van der Waals surface area contributed by atoms with Gasteiger partial charge in [0, 0.05) is 10.6 Å². The lowest BCUT2D eigenvalue weighted by Gasteiger charge is -2.09. The third kappa shape index (κ3) is 3.15. The number of hydrogen-bond acceptors (Lipinski definition) is 3. The quantitative estimate of drug-likeness (QED) is 0.922. The number of benzene rings is 1. The molecule has 1 heterocycles. The topological polar surface area (TPSA) is 50.2 Å². The number of carboxylic acids is 1. The van der Waals surface area contributed by atoms with E-state index in [0.29, 0.717) is 5.03 Å². The first kappa shape index (κ1) is 13.6. The summed E-state index contributed by atoms with van der Waals surface area (Å²) < 4.78 is 0. The molecule has 0 bridgehead atoms. The van der Waals surface area contributed by atoms with Gasteiger partial charge in [0.15, 0.2) is 0 Å². The summed E-state index contributed by atoms with van der Waals surface area (Å²) in [5, 5.41) is 9.74. The Morgan fingerprint density at radius 1 is 1.16 bits per heavy atom. The highest BCUT2D eigenvalue weighted by Gasteiger charge is 2.13. The van der Waals surface area contributed by atoms with Gasteiger partial charge >= 0.3 is 5.97 Å². The van der Waals surface area contributed by atoms with Crippen molar-refractivity contribution in [3.05, 3.63) is 52.7 Å². The molecule has 0 radical (unpaired) electrons. The van der Waals surface area contributed by atoms with E-state index in [0.717, 1.165) is 16.2 Å². The van der Waals surface area contributed by atoms with Gasteiger partial charge in [0.25, 0.3) is 0 Å². The van der Waals surface area contributed by atoms with Crippen molar-refractivity contribution in [3.63, 3.8) is 0 Å². The number of aromatic carboxylic acids is 1. The van der Waals surface area contributed by atoms with Crippen molar-refractivity contribution in [2.75, 3.05) is 0 Å². The maximum atomic E-state index is 11.2. The molecule has 1 aromatic carbocycles. The minimum atomic E-state index is -0.945. The van der Waals surface area contributed by atoms with Gasteiger partial charge in [-0.15, -0.1) is 0 Å². The van der Waals surface area contributed by atoms with Crippen LogP contribution in [0.2, 0.25) is 0 Å². The average molecular weight is 273 g/mol. The monoisotopic (exact) mass is 273 g/mol. The second-order valence-corrected chi connectivity index (χ2v) is 5.51. The Bertz CT molecular complexity index is 638. The zero-order valence-corrected chi connectivity index (χ0v) is 11.9. The predicted octanol–water partition coefficient (Wildman–Crippen LogP) is 3.86. The molecule has 0 fully saturated rings. The molecule has 0 saturated heterocycles. The Balaban J connectivity index is 2.42. The molecule has 2 aromatic rings. The van der Waals surface area contributed by atoms with Gasteiger partial charge in [0.05, 0.1) is 5.56 Å². The van der Waals surface area contributed by atoms with E-state index in [1.807, 2.05) is 32.9 Å². The molecule has 3 nitrogen and oxygen atoms in total. The van der Waals surface area contributed by atoms with Crippen LogP contribution in [0.15, 0.2) is 40.3 Å². The van der Waals surface area contributed by atoms with Crippen molar-refractivity contribution >= 4 is 17.7 Å². The summed E-state index contributed by atoms with van der Waals surface area (Å²) in [6, 6.07) is 9.43. The molecular weight excluding hydrogens is 258 g/mol. The van der Waals surface area contributed by atoms with Crippen LogP contribution in [0.25, 0.3) is 0 Å². The number of carbonyl (C=O) groups is 1. The highest BCUT2D eigenvalue weighted by atomic mass is 32.2. The molecule has 0 unspecified atom stereocenters. The first-order valence-corrected chi connectivity index (χ1v) is 6.75. The second-order valence-electron chi connectivity index (χ2n) is 4.48. The lowest BCUT2D eigenvalue weighted by Crippen LogP contribution is -2.01. The molecule has 0 aliphatic heterocycles. The van der Waals surface area contributed by atoms with E-state index in [1.165, 1.54) is 17.3 Å². The summed E-state index contributed by atoms with van der Waals surface area (Å²) in [6.07, 6.45) is 0. The molecule has 2 rings (SSSR count). The second kappa shape index (κ2) is 5.45. The Labute approximate surface area is 116 Å². The average Bonchev–Trinajstić information content (AvgIpc) is 2.32. The van der Waals surface area contributed by atoms with Crippen molar-refractivity contribution in [1.29, 1.82) is 0 Å². The minimum Gasteiger partial charge on any atom is -0.478 e. The fraction of sp³-hybridized carbons (Fsp3) is 0.200. The van der Waals surface area contributed by atoms with Crippen molar-refractivity contribution in [2.24, 2.45) is 0 Å². The van der Waals surface area contributed by atoms with E-state index >= 15 is 0 Å². The van der Waals surface area contributed by atoms with Crippen molar-refractivity contribution < 1.29 is 9.90 Å². The lowest BCUT2D eigenvalue weighted by molar-refractivity contribution is 0.0692. The Morgan fingerprint density at radius 3 is 2.53 bits per heavy atom. The Kier molecular flexibility index (Phi) is 3.90. The molecule has 19 heavy (non-hydrogen) atoms. The van der Waals surface area contributed by atoms with E-state index < -0.39 is 5.97 Å². The van der Waals surface area contributed by atoms with E-state index in [-0.39, 0.29) is 5.56 Å². The maximum absolute atomic E-state index is 11.2. The summed E-state index contributed by atoms with van der Waals surface area (Å²) >= 11 is 1.40. The first-order chi connectivity index (χ1) is 8.97. The van der Waals surface area contributed by atoms with Crippen LogP contribution in [0.3, 0.4) is 0 Å². The van der Waals surface area contributed by atoms with Gasteiger partial charge in [-0.1, -0.05) is 29.5 Å². The molecule has 1 aromatic heterocycles. The fourth-order valence-electron chi connectivity index (χ4n) is 1.79. The number of carboxylic acid groups (broad SMARTS) is 1. The third-order valence-corrected chi connectivity index (χ3v) is 3.95. The highest BCUT2D eigenvalue weighted by Crippen LogP contribution is 2.31. The molecule has 0 amide bonds. The van der Waals surface area contributed by atoms with Gasteiger partial charge < -0.3 is 5.11 Å². The van der Waals surface area contributed by atoms with E-state index in [1.54, 1.807) is 12.1 Å². The van der Waals surface area contributed by atoms with Crippen LogP contribution in [0.1, 0.15) is 27.2 Å². The summed E-state index contributed by atoms with van der Waals surface area (Å²) in [4.78, 5) is 16.6. The van der Waals surface area contributed by atoms with Crippen LogP contribution in [0, 0.1) is 20.8 Å². The van der Waals surface area contributed by atoms with Crippen LogP contribution in [0.5, 0.6) is 0 Å². The molecule has 1 N–H and O–H groups in total. The summed E-state index contributed by atoms with van der Waals surface area (Å²) in [7, 11) is 0. The zero-order chi connectivity index (χ0) is 14.0. The van der Waals surface area contributed by atoms with Gasteiger partial charge in [0.1, 0.15) is 5.03 Å². The highest BCUT2D eigenvalue weighted by molar-refractivity contribution is 7.99.